The summed E-state index contributed by atoms with van der Waals surface area (Å²) < 4.78 is 5.20. The Bertz CT molecular complexity index is 441. The van der Waals surface area contributed by atoms with Crippen molar-refractivity contribution >= 4 is 5.97 Å². The summed E-state index contributed by atoms with van der Waals surface area (Å²) in [5, 5.41) is 0. The first kappa shape index (κ1) is 16.0. The van der Waals surface area contributed by atoms with Gasteiger partial charge in [0.25, 0.3) is 0 Å². The van der Waals surface area contributed by atoms with Crippen LogP contribution in [0.2, 0.25) is 0 Å². The topological polar surface area (TPSA) is 42.4 Å². The van der Waals surface area contributed by atoms with Crippen molar-refractivity contribution in [3.63, 3.8) is 0 Å². The number of rotatable bonds is 5. The molecular formula is C17H26N2O2. The van der Waals surface area contributed by atoms with Crippen LogP contribution in [0.15, 0.2) is 24.5 Å². The fourth-order valence-electron chi connectivity index (χ4n) is 3.16. The molecule has 1 saturated heterocycles. The number of hydrogen-bond donors (Lipinski definition) is 0. The molecule has 1 fully saturated rings. The van der Waals surface area contributed by atoms with Crippen molar-refractivity contribution in [2.45, 2.75) is 51.5 Å². The molecule has 0 aliphatic carbocycles. The van der Waals surface area contributed by atoms with Crippen LogP contribution in [-0.2, 0) is 15.1 Å². The molecule has 1 atom stereocenters. The number of carbonyl (C=O) groups is 1. The van der Waals surface area contributed by atoms with Crippen molar-refractivity contribution in [3.05, 3.63) is 30.1 Å². The Kier molecular flexibility index (Phi) is 5.74. The third-order valence-corrected chi connectivity index (χ3v) is 4.40. The van der Waals surface area contributed by atoms with Gasteiger partial charge in [0.05, 0.1) is 18.6 Å². The quantitative estimate of drug-likeness (QED) is 0.781. The van der Waals surface area contributed by atoms with Gasteiger partial charge in [-0.2, -0.15) is 0 Å². The van der Waals surface area contributed by atoms with E-state index in [1.165, 1.54) is 25.7 Å². The molecule has 4 heteroatoms. The summed E-state index contributed by atoms with van der Waals surface area (Å²) in [6, 6.07) is 4.04. The fraction of sp³-hybridized carbons (Fsp3) is 0.647. The molecule has 0 amide bonds. The van der Waals surface area contributed by atoms with Crippen LogP contribution in [0, 0.1) is 0 Å². The molecule has 0 saturated carbocycles. The van der Waals surface area contributed by atoms with E-state index in [1.807, 2.05) is 19.1 Å². The third-order valence-electron chi connectivity index (χ3n) is 4.40. The number of likely N-dealkylation sites (tertiary alicyclic amines) is 1. The van der Waals surface area contributed by atoms with Gasteiger partial charge in [0.1, 0.15) is 0 Å². The van der Waals surface area contributed by atoms with Crippen molar-refractivity contribution in [2.24, 2.45) is 0 Å². The van der Waals surface area contributed by atoms with Crippen LogP contribution < -0.4 is 0 Å². The van der Waals surface area contributed by atoms with Crippen LogP contribution in [0.25, 0.3) is 0 Å². The third kappa shape index (κ3) is 4.03. The minimum absolute atomic E-state index is 0.124. The number of ether oxygens (including phenoxy) is 1. The molecule has 0 N–H and O–H groups in total. The van der Waals surface area contributed by atoms with Crippen molar-refractivity contribution in [3.8, 4) is 0 Å². The number of nitrogens with zero attached hydrogens (tertiary/aromatic N) is 2. The molecule has 0 aromatic carbocycles. The molecule has 21 heavy (non-hydrogen) atoms. The lowest BCUT2D eigenvalue weighted by atomic mass is 9.87. The van der Waals surface area contributed by atoms with E-state index in [9.17, 15) is 4.79 Å². The highest BCUT2D eigenvalue weighted by atomic mass is 16.5. The van der Waals surface area contributed by atoms with Gasteiger partial charge < -0.3 is 4.74 Å². The van der Waals surface area contributed by atoms with E-state index < -0.39 is 0 Å². The van der Waals surface area contributed by atoms with Gasteiger partial charge >= 0.3 is 5.97 Å². The van der Waals surface area contributed by atoms with Crippen molar-refractivity contribution < 1.29 is 9.53 Å². The van der Waals surface area contributed by atoms with Gasteiger partial charge in [0.2, 0.25) is 0 Å². The van der Waals surface area contributed by atoms with Gasteiger partial charge in [-0.25, -0.2) is 0 Å². The van der Waals surface area contributed by atoms with Gasteiger partial charge in [-0.15, -0.1) is 0 Å². The van der Waals surface area contributed by atoms with Crippen LogP contribution in [0.4, 0.5) is 0 Å². The van der Waals surface area contributed by atoms with Crippen molar-refractivity contribution in [1.82, 2.24) is 9.88 Å². The summed E-state index contributed by atoms with van der Waals surface area (Å²) in [4.78, 5) is 18.7. The van der Waals surface area contributed by atoms with Crippen LogP contribution in [-0.4, -0.2) is 35.5 Å². The second-order valence-corrected chi connectivity index (χ2v) is 5.89. The summed E-state index contributed by atoms with van der Waals surface area (Å²) >= 11 is 0. The number of carbonyl (C=O) groups excluding carboxylic acids is 1. The van der Waals surface area contributed by atoms with Gasteiger partial charge in [0.15, 0.2) is 0 Å². The molecule has 1 aromatic rings. The standard InChI is InChI=1S/C17H26N2O2/c1-3-21-16(20)14-17(2,15-8-10-18-11-9-15)19-12-6-4-5-7-13-19/h8-11H,3-7,12-14H2,1-2H3. The Morgan fingerprint density at radius 3 is 2.43 bits per heavy atom. The zero-order chi connectivity index (χ0) is 15.1. The lowest BCUT2D eigenvalue weighted by Gasteiger charge is -2.40. The molecule has 0 spiro atoms. The Morgan fingerprint density at radius 2 is 1.86 bits per heavy atom. The zero-order valence-electron chi connectivity index (χ0n) is 13.2. The Balaban J connectivity index is 2.26. The number of esters is 1. The molecule has 0 bridgehead atoms. The van der Waals surface area contributed by atoms with Gasteiger partial charge in [-0.1, -0.05) is 12.8 Å². The SMILES string of the molecule is CCOC(=O)CC(C)(c1ccncc1)N1CCCCCC1. The molecule has 2 heterocycles. The normalized spacial score (nSPS) is 19.5. The highest BCUT2D eigenvalue weighted by molar-refractivity contribution is 5.71. The van der Waals surface area contributed by atoms with Crippen molar-refractivity contribution in [1.29, 1.82) is 0 Å². The minimum Gasteiger partial charge on any atom is -0.466 e. The van der Waals surface area contributed by atoms with E-state index in [4.69, 9.17) is 4.74 Å². The maximum absolute atomic E-state index is 12.1. The van der Waals surface area contributed by atoms with Crippen LogP contribution in [0.5, 0.6) is 0 Å². The molecule has 1 aromatic heterocycles. The first-order valence-corrected chi connectivity index (χ1v) is 7.98. The lowest BCUT2D eigenvalue weighted by molar-refractivity contribution is -0.146. The molecule has 1 aliphatic heterocycles. The predicted octanol–water partition coefficient (Wildman–Crippen LogP) is 3.13. The van der Waals surface area contributed by atoms with E-state index >= 15 is 0 Å². The predicted molar refractivity (Wildman–Crippen MR) is 82.9 cm³/mol. The number of hydrogen-bond acceptors (Lipinski definition) is 4. The fourth-order valence-corrected chi connectivity index (χ4v) is 3.16. The van der Waals surface area contributed by atoms with E-state index in [-0.39, 0.29) is 11.5 Å². The van der Waals surface area contributed by atoms with Crippen LogP contribution >= 0.6 is 0 Å². The molecular weight excluding hydrogens is 264 g/mol. The minimum atomic E-state index is -0.306. The van der Waals surface area contributed by atoms with E-state index in [1.54, 1.807) is 12.4 Å². The van der Waals surface area contributed by atoms with E-state index in [0.717, 1.165) is 18.7 Å². The summed E-state index contributed by atoms with van der Waals surface area (Å²) in [6.07, 6.45) is 8.95. The first-order chi connectivity index (χ1) is 10.2. The maximum atomic E-state index is 12.1. The summed E-state index contributed by atoms with van der Waals surface area (Å²) in [5.41, 5.74) is 0.840. The monoisotopic (exact) mass is 290 g/mol. The second kappa shape index (κ2) is 7.55. The zero-order valence-corrected chi connectivity index (χ0v) is 13.2. The molecule has 1 unspecified atom stereocenters. The molecule has 116 valence electrons. The van der Waals surface area contributed by atoms with Gasteiger partial charge in [-0.3, -0.25) is 14.7 Å². The maximum Gasteiger partial charge on any atom is 0.307 e. The Morgan fingerprint density at radius 1 is 1.24 bits per heavy atom. The Hall–Kier alpha value is -1.42. The molecule has 2 rings (SSSR count). The molecule has 0 radical (unpaired) electrons. The molecule has 1 aliphatic rings. The molecule has 4 nitrogen and oxygen atoms in total. The number of pyridine rings is 1. The smallest absolute Gasteiger partial charge is 0.307 e. The lowest BCUT2D eigenvalue weighted by Crippen LogP contribution is -2.46. The van der Waals surface area contributed by atoms with Crippen LogP contribution in [0.3, 0.4) is 0 Å². The Labute approximate surface area is 127 Å². The largest absolute Gasteiger partial charge is 0.466 e. The van der Waals surface area contributed by atoms with Gasteiger partial charge in [-0.05, 0) is 57.5 Å². The van der Waals surface area contributed by atoms with E-state index in [2.05, 4.69) is 16.8 Å². The highest BCUT2D eigenvalue weighted by Crippen LogP contribution is 2.34. The van der Waals surface area contributed by atoms with Crippen LogP contribution in [0.1, 0.15) is 51.5 Å². The highest BCUT2D eigenvalue weighted by Gasteiger charge is 2.36. The average molecular weight is 290 g/mol. The summed E-state index contributed by atoms with van der Waals surface area (Å²) in [5.74, 6) is -0.124. The average Bonchev–Trinajstić information content (AvgIpc) is 2.78. The summed E-state index contributed by atoms with van der Waals surface area (Å²) in [7, 11) is 0. The summed E-state index contributed by atoms with van der Waals surface area (Å²) in [6.45, 7) is 6.53. The van der Waals surface area contributed by atoms with Crippen molar-refractivity contribution in [2.75, 3.05) is 19.7 Å². The number of aromatic nitrogens is 1. The second-order valence-electron chi connectivity index (χ2n) is 5.89. The van der Waals surface area contributed by atoms with E-state index in [0.29, 0.717) is 13.0 Å². The first-order valence-electron chi connectivity index (χ1n) is 7.98. The van der Waals surface area contributed by atoms with Gasteiger partial charge in [0, 0.05) is 12.4 Å².